The van der Waals surface area contributed by atoms with Crippen molar-refractivity contribution in [1.29, 1.82) is 0 Å². The van der Waals surface area contributed by atoms with Gasteiger partial charge in [0.25, 0.3) is 0 Å². The van der Waals surface area contributed by atoms with E-state index in [1.807, 2.05) is 13.8 Å². The Kier molecular flexibility index (Phi) is 6.81. The molecule has 0 unspecified atom stereocenters. The van der Waals surface area contributed by atoms with E-state index >= 15 is 0 Å². The first-order valence-electron chi connectivity index (χ1n) is 5.73. The van der Waals surface area contributed by atoms with Gasteiger partial charge in [0.2, 0.25) is 0 Å². The molecule has 14 heavy (non-hydrogen) atoms. The van der Waals surface area contributed by atoms with Crippen LogP contribution in [0.5, 0.6) is 0 Å². The SMILES string of the molecule is CCN[C@H](CC(=O)C(C)C)CC(C)C. The molecule has 0 bridgehead atoms. The zero-order valence-corrected chi connectivity index (χ0v) is 10.3. The zero-order valence-electron chi connectivity index (χ0n) is 10.3. The molecule has 0 aliphatic heterocycles. The molecule has 84 valence electrons. The van der Waals surface area contributed by atoms with Crippen LogP contribution >= 0.6 is 0 Å². The Balaban J connectivity index is 4.01. The number of nitrogens with one attached hydrogen (secondary N) is 1. The molecule has 0 amide bonds. The highest BCUT2D eigenvalue weighted by Gasteiger charge is 2.16. The topological polar surface area (TPSA) is 29.1 Å². The number of ketones is 1. The minimum Gasteiger partial charge on any atom is -0.314 e. The van der Waals surface area contributed by atoms with Crippen LogP contribution in [0.25, 0.3) is 0 Å². The van der Waals surface area contributed by atoms with Crippen molar-refractivity contribution in [3.05, 3.63) is 0 Å². The van der Waals surface area contributed by atoms with Crippen LogP contribution in [0.3, 0.4) is 0 Å². The van der Waals surface area contributed by atoms with Crippen LogP contribution in [0.2, 0.25) is 0 Å². The molecule has 0 rings (SSSR count). The van der Waals surface area contributed by atoms with E-state index in [9.17, 15) is 4.79 Å². The van der Waals surface area contributed by atoms with Crippen molar-refractivity contribution in [2.24, 2.45) is 11.8 Å². The van der Waals surface area contributed by atoms with Gasteiger partial charge in [-0.1, -0.05) is 34.6 Å². The Hall–Kier alpha value is -0.370. The van der Waals surface area contributed by atoms with Crippen LogP contribution in [0.15, 0.2) is 0 Å². The summed E-state index contributed by atoms with van der Waals surface area (Å²) in [6.07, 6.45) is 1.77. The second kappa shape index (κ2) is 6.99. The number of carbonyl (C=O) groups is 1. The summed E-state index contributed by atoms with van der Waals surface area (Å²) >= 11 is 0. The molecule has 0 heterocycles. The van der Waals surface area contributed by atoms with Crippen molar-refractivity contribution < 1.29 is 4.79 Å². The third-order valence-electron chi connectivity index (χ3n) is 2.34. The number of carbonyl (C=O) groups excluding carboxylic acids is 1. The fourth-order valence-corrected chi connectivity index (χ4v) is 1.58. The summed E-state index contributed by atoms with van der Waals surface area (Å²) in [5.74, 6) is 1.19. The molecule has 0 aromatic heterocycles. The smallest absolute Gasteiger partial charge is 0.136 e. The third-order valence-corrected chi connectivity index (χ3v) is 2.34. The molecule has 1 atom stereocenters. The van der Waals surface area contributed by atoms with Crippen molar-refractivity contribution in [3.8, 4) is 0 Å². The lowest BCUT2D eigenvalue weighted by molar-refractivity contribution is -0.122. The Morgan fingerprint density at radius 2 is 1.79 bits per heavy atom. The Morgan fingerprint density at radius 1 is 1.21 bits per heavy atom. The fourth-order valence-electron chi connectivity index (χ4n) is 1.58. The van der Waals surface area contributed by atoms with Crippen LogP contribution < -0.4 is 5.32 Å². The van der Waals surface area contributed by atoms with Gasteiger partial charge < -0.3 is 5.32 Å². The van der Waals surface area contributed by atoms with Crippen molar-refractivity contribution in [2.45, 2.75) is 53.5 Å². The Bertz CT molecular complexity index is 164. The molecular formula is C12H25NO. The quantitative estimate of drug-likeness (QED) is 0.683. The van der Waals surface area contributed by atoms with Crippen LogP contribution in [0.4, 0.5) is 0 Å². The van der Waals surface area contributed by atoms with Crippen molar-refractivity contribution >= 4 is 5.78 Å². The van der Waals surface area contributed by atoms with E-state index in [0.29, 0.717) is 24.2 Å². The summed E-state index contributed by atoms with van der Waals surface area (Å²) in [6, 6.07) is 0.370. The monoisotopic (exact) mass is 199 g/mol. The Labute approximate surface area is 88.5 Å². The molecule has 0 saturated carbocycles. The summed E-state index contributed by atoms with van der Waals surface area (Å²) in [5, 5.41) is 3.38. The molecule has 0 spiro atoms. The van der Waals surface area contributed by atoms with Crippen LogP contribution in [-0.2, 0) is 4.79 Å². The van der Waals surface area contributed by atoms with Gasteiger partial charge in [0.15, 0.2) is 0 Å². The van der Waals surface area contributed by atoms with Gasteiger partial charge in [0.05, 0.1) is 0 Å². The molecular weight excluding hydrogens is 174 g/mol. The number of hydrogen-bond acceptors (Lipinski definition) is 2. The van der Waals surface area contributed by atoms with Crippen LogP contribution in [0.1, 0.15) is 47.5 Å². The predicted molar refractivity (Wildman–Crippen MR) is 61.4 cm³/mol. The molecule has 0 aromatic rings. The predicted octanol–water partition coefficient (Wildman–Crippen LogP) is 2.63. The largest absolute Gasteiger partial charge is 0.314 e. The molecule has 0 aliphatic carbocycles. The van der Waals surface area contributed by atoms with E-state index in [2.05, 4.69) is 26.1 Å². The third kappa shape index (κ3) is 6.14. The summed E-state index contributed by atoms with van der Waals surface area (Å²) in [7, 11) is 0. The second-order valence-corrected chi connectivity index (χ2v) is 4.71. The molecule has 2 heteroatoms. The van der Waals surface area contributed by atoms with E-state index in [4.69, 9.17) is 0 Å². The highest BCUT2D eigenvalue weighted by molar-refractivity contribution is 5.80. The molecule has 0 aliphatic rings. The lowest BCUT2D eigenvalue weighted by Crippen LogP contribution is -2.33. The first-order chi connectivity index (χ1) is 6.47. The first kappa shape index (κ1) is 13.6. The lowest BCUT2D eigenvalue weighted by Gasteiger charge is -2.20. The number of Topliss-reactive ketones (excluding diaryl/α,β-unsaturated/α-hetero) is 1. The number of rotatable bonds is 7. The molecule has 1 N–H and O–H groups in total. The molecule has 0 fully saturated rings. The second-order valence-electron chi connectivity index (χ2n) is 4.71. The average Bonchev–Trinajstić information content (AvgIpc) is 2.02. The van der Waals surface area contributed by atoms with Crippen LogP contribution in [-0.4, -0.2) is 18.4 Å². The summed E-state index contributed by atoms with van der Waals surface area (Å²) in [4.78, 5) is 11.6. The average molecular weight is 199 g/mol. The normalized spacial score (nSPS) is 13.6. The van der Waals surface area contributed by atoms with Gasteiger partial charge in [-0.05, 0) is 18.9 Å². The minimum absolute atomic E-state index is 0.170. The maximum atomic E-state index is 11.6. The van der Waals surface area contributed by atoms with Gasteiger partial charge in [-0.25, -0.2) is 0 Å². The van der Waals surface area contributed by atoms with Crippen molar-refractivity contribution in [3.63, 3.8) is 0 Å². The lowest BCUT2D eigenvalue weighted by atomic mass is 9.95. The molecule has 0 aromatic carbocycles. The van der Waals surface area contributed by atoms with E-state index < -0.39 is 0 Å². The van der Waals surface area contributed by atoms with E-state index in [1.165, 1.54) is 0 Å². The van der Waals surface area contributed by atoms with E-state index in [-0.39, 0.29) is 5.92 Å². The summed E-state index contributed by atoms with van der Waals surface area (Å²) in [6.45, 7) is 11.4. The van der Waals surface area contributed by atoms with E-state index in [1.54, 1.807) is 0 Å². The van der Waals surface area contributed by atoms with Gasteiger partial charge >= 0.3 is 0 Å². The van der Waals surface area contributed by atoms with E-state index in [0.717, 1.165) is 13.0 Å². The van der Waals surface area contributed by atoms with Crippen molar-refractivity contribution in [2.75, 3.05) is 6.54 Å². The zero-order chi connectivity index (χ0) is 11.1. The minimum atomic E-state index is 0.170. The highest BCUT2D eigenvalue weighted by atomic mass is 16.1. The Morgan fingerprint density at radius 3 is 2.14 bits per heavy atom. The maximum Gasteiger partial charge on any atom is 0.136 e. The van der Waals surface area contributed by atoms with Gasteiger partial charge in [-0.3, -0.25) is 4.79 Å². The first-order valence-corrected chi connectivity index (χ1v) is 5.73. The maximum absolute atomic E-state index is 11.6. The summed E-state index contributed by atoms with van der Waals surface area (Å²) in [5.41, 5.74) is 0. The van der Waals surface area contributed by atoms with Gasteiger partial charge in [-0.2, -0.15) is 0 Å². The number of hydrogen-bond donors (Lipinski definition) is 1. The fraction of sp³-hybridized carbons (Fsp3) is 0.917. The van der Waals surface area contributed by atoms with Crippen molar-refractivity contribution in [1.82, 2.24) is 5.32 Å². The van der Waals surface area contributed by atoms with Gasteiger partial charge in [0, 0.05) is 18.4 Å². The van der Waals surface area contributed by atoms with Crippen LogP contribution in [0, 0.1) is 11.8 Å². The highest BCUT2D eigenvalue weighted by Crippen LogP contribution is 2.11. The molecule has 0 saturated heterocycles. The van der Waals surface area contributed by atoms with Gasteiger partial charge in [-0.15, -0.1) is 0 Å². The summed E-state index contributed by atoms with van der Waals surface area (Å²) < 4.78 is 0. The standard InChI is InChI=1S/C12H25NO/c1-6-13-11(7-9(2)3)8-12(14)10(4)5/h9-11,13H,6-8H2,1-5H3/t11-/m0/s1. The molecule has 0 radical (unpaired) electrons. The molecule has 2 nitrogen and oxygen atoms in total. The van der Waals surface area contributed by atoms with Gasteiger partial charge in [0.1, 0.15) is 5.78 Å².